The van der Waals surface area contributed by atoms with Crippen LogP contribution in [0.3, 0.4) is 0 Å². The first-order valence-electron chi connectivity index (χ1n) is 9.32. The lowest BCUT2D eigenvalue weighted by Gasteiger charge is -2.17. The second-order valence-corrected chi connectivity index (χ2v) is 8.18. The molecule has 4 rings (SSSR count). The fourth-order valence-corrected chi connectivity index (χ4v) is 3.96. The van der Waals surface area contributed by atoms with E-state index >= 15 is 0 Å². The van der Waals surface area contributed by atoms with Crippen LogP contribution in [-0.2, 0) is 6.54 Å². The Labute approximate surface area is 186 Å². The molecule has 0 aliphatic heterocycles. The fourth-order valence-electron chi connectivity index (χ4n) is 3.24. The highest BCUT2D eigenvalue weighted by Crippen LogP contribution is 2.31. The van der Waals surface area contributed by atoms with E-state index in [0.29, 0.717) is 6.54 Å². The zero-order chi connectivity index (χ0) is 22.3. The molecule has 0 spiro atoms. The number of hydrogen-bond donors (Lipinski definition) is 1. The van der Waals surface area contributed by atoms with Gasteiger partial charge in [0.05, 0.1) is 0 Å². The number of aliphatic hydroxyl groups is 1. The molecule has 6 nitrogen and oxygen atoms in total. The van der Waals surface area contributed by atoms with Gasteiger partial charge in [0, 0.05) is 33.7 Å². The average molecular weight is 458 g/mol. The smallest absolute Gasteiger partial charge is 0.213 e. The van der Waals surface area contributed by atoms with Gasteiger partial charge in [-0.3, -0.25) is 0 Å². The minimum atomic E-state index is -4.94. The average Bonchev–Trinajstić information content (AvgIpc) is 3.29. The number of pyridine rings is 1. The molecule has 0 bridgehead atoms. The third-order valence-corrected chi connectivity index (χ3v) is 5.35. The van der Waals surface area contributed by atoms with Crippen molar-refractivity contribution in [3.8, 4) is 33.0 Å². The van der Waals surface area contributed by atoms with Gasteiger partial charge in [-0.05, 0) is 35.7 Å². The molecule has 2 heterocycles. The summed E-state index contributed by atoms with van der Waals surface area (Å²) in [6.07, 6.45) is 0. The summed E-state index contributed by atoms with van der Waals surface area (Å²) < 4.78 is 36.2. The molecule has 4 aromatic rings. The summed E-state index contributed by atoms with van der Waals surface area (Å²) >= 11 is 1.74. The molecule has 8 heteroatoms. The molecule has 0 fully saturated rings. The zero-order valence-electron chi connectivity index (χ0n) is 16.4. The van der Waals surface area contributed by atoms with E-state index in [2.05, 4.69) is 82.7 Å². The van der Waals surface area contributed by atoms with E-state index < -0.39 is 10.2 Å². The Bertz CT molecular complexity index is 1020. The Hall–Kier alpha value is -2.62. The van der Waals surface area contributed by atoms with Crippen molar-refractivity contribution in [3.63, 3.8) is 0 Å². The number of aromatic nitrogens is 1. The van der Waals surface area contributed by atoms with E-state index in [1.807, 2.05) is 12.1 Å². The van der Waals surface area contributed by atoms with Crippen molar-refractivity contribution >= 4 is 11.3 Å². The maximum atomic E-state index is 9.70. The van der Waals surface area contributed by atoms with Gasteiger partial charge in [0.15, 0.2) is 6.54 Å². The van der Waals surface area contributed by atoms with E-state index in [1.54, 1.807) is 11.3 Å². The Kier molecular flexibility index (Phi) is 7.89. The van der Waals surface area contributed by atoms with Gasteiger partial charge in [-0.2, -0.15) is 4.57 Å². The molecule has 0 atom stereocenters. The van der Waals surface area contributed by atoms with Crippen LogP contribution in [0.4, 0.5) is 0 Å². The van der Waals surface area contributed by atoms with E-state index in [0.717, 1.165) is 22.5 Å². The normalized spacial score (nSPS) is 11.0. The van der Waals surface area contributed by atoms with Crippen LogP contribution >= 0.6 is 11.3 Å². The summed E-state index contributed by atoms with van der Waals surface area (Å²) in [7, 11) is -4.94. The summed E-state index contributed by atoms with van der Waals surface area (Å²) in [5.74, 6) is 0. The lowest BCUT2D eigenvalue weighted by atomic mass is 10.0. The number of aliphatic hydroxyl groups excluding tert-OH is 1. The highest BCUT2D eigenvalue weighted by Gasteiger charge is 2.22. The van der Waals surface area contributed by atoms with Gasteiger partial charge in [-0.25, -0.2) is 18.6 Å². The van der Waals surface area contributed by atoms with Crippen LogP contribution in [0.15, 0.2) is 90.3 Å². The van der Waals surface area contributed by atoms with Gasteiger partial charge < -0.3 is 5.11 Å². The van der Waals surface area contributed by atoms with Crippen molar-refractivity contribution < 1.29 is 38.6 Å². The molecule has 0 unspecified atom stereocenters. The first-order chi connectivity index (χ1) is 14.9. The number of rotatable bonds is 5. The Morgan fingerprint density at radius 2 is 1.19 bits per heavy atom. The second-order valence-electron chi connectivity index (χ2n) is 6.48. The molecular formula is C23H20ClNO5S. The SMILES string of the molecule is OCC[n+]1c(-c2ccccc2)cc(-c2cccs2)cc1-c1ccccc1.[O-][Cl+3]([O-])([O-])[O-]. The summed E-state index contributed by atoms with van der Waals surface area (Å²) in [6.45, 7) is 0.655. The minimum absolute atomic E-state index is 0.0999. The highest BCUT2D eigenvalue weighted by atomic mass is 35.7. The lowest BCUT2D eigenvalue weighted by Crippen LogP contribution is -2.68. The first-order valence-corrected chi connectivity index (χ1v) is 11.4. The molecule has 0 aliphatic rings. The monoisotopic (exact) mass is 457 g/mol. The number of halogens is 1. The summed E-state index contributed by atoms with van der Waals surface area (Å²) in [5.41, 5.74) is 5.73. The van der Waals surface area contributed by atoms with Crippen molar-refractivity contribution in [2.24, 2.45) is 0 Å². The number of nitrogens with zero attached hydrogens (tertiary/aromatic N) is 1. The van der Waals surface area contributed by atoms with E-state index in [9.17, 15) is 5.11 Å². The third kappa shape index (κ3) is 6.68. The van der Waals surface area contributed by atoms with Crippen molar-refractivity contribution in [1.29, 1.82) is 0 Å². The van der Waals surface area contributed by atoms with Crippen LogP contribution in [-0.4, -0.2) is 11.7 Å². The molecular weight excluding hydrogens is 438 g/mol. The van der Waals surface area contributed by atoms with Gasteiger partial charge in [-0.1, -0.05) is 42.5 Å². The van der Waals surface area contributed by atoms with E-state index in [-0.39, 0.29) is 6.61 Å². The topological polar surface area (TPSA) is 116 Å². The van der Waals surface area contributed by atoms with Gasteiger partial charge in [0.1, 0.15) is 6.61 Å². The maximum absolute atomic E-state index is 9.70. The van der Waals surface area contributed by atoms with Crippen molar-refractivity contribution in [3.05, 3.63) is 90.3 Å². The second kappa shape index (κ2) is 10.6. The first kappa shape index (κ1) is 23.1. The van der Waals surface area contributed by atoms with Crippen molar-refractivity contribution in [1.82, 2.24) is 0 Å². The molecule has 2 aromatic carbocycles. The molecule has 0 saturated carbocycles. The Morgan fingerprint density at radius 3 is 1.58 bits per heavy atom. The maximum Gasteiger partial charge on any atom is 0.213 e. The van der Waals surface area contributed by atoms with Crippen LogP contribution in [0.2, 0.25) is 0 Å². The van der Waals surface area contributed by atoms with Gasteiger partial charge in [-0.15, -0.1) is 21.6 Å². The van der Waals surface area contributed by atoms with Crippen molar-refractivity contribution in [2.75, 3.05) is 6.61 Å². The van der Waals surface area contributed by atoms with Crippen LogP contribution in [0.1, 0.15) is 0 Å². The summed E-state index contributed by atoms with van der Waals surface area (Å²) in [4.78, 5) is 1.25. The molecule has 31 heavy (non-hydrogen) atoms. The van der Waals surface area contributed by atoms with Gasteiger partial charge in [0.2, 0.25) is 11.4 Å². The fraction of sp³-hybridized carbons (Fsp3) is 0.0870. The molecule has 0 amide bonds. The van der Waals surface area contributed by atoms with Crippen molar-refractivity contribution in [2.45, 2.75) is 6.54 Å². The summed E-state index contributed by atoms with van der Waals surface area (Å²) in [5, 5.41) is 11.8. The summed E-state index contributed by atoms with van der Waals surface area (Å²) in [6, 6.07) is 29.4. The number of benzene rings is 2. The standard InChI is InChI=1S/C23H20NOS.ClHO4/c25-14-13-24-21(18-8-3-1-4-9-18)16-20(23-12-7-15-26-23)17-22(24)19-10-5-2-6-11-19;2-1(3,4)5/h1-12,15-17,25H,13-14H2;(H,2,3,4,5)/q+1;/p-1. The molecule has 160 valence electrons. The molecule has 0 radical (unpaired) electrons. The van der Waals surface area contributed by atoms with Crippen LogP contribution in [0.25, 0.3) is 33.0 Å². The van der Waals surface area contributed by atoms with E-state index in [4.69, 9.17) is 18.6 Å². The predicted molar refractivity (Wildman–Crippen MR) is 108 cm³/mol. The molecule has 0 aliphatic carbocycles. The van der Waals surface area contributed by atoms with Crippen LogP contribution in [0.5, 0.6) is 0 Å². The van der Waals surface area contributed by atoms with Gasteiger partial charge in [0.25, 0.3) is 0 Å². The minimum Gasteiger partial charge on any atom is -0.390 e. The number of hydrogen-bond acceptors (Lipinski definition) is 6. The number of thiophene rings is 1. The zero-order valence-corrected chi connectivity index (χ0v) is 18.0. The molecule has 1 N–H and O–H groups in total. The molecule has 2 aromatic heterocycles. The molecule has 0 saturated heterocycles. The quantitative estimate of drug-likeness (QED) is 0.432. The predicted octanol–water partition coefficient (Wildman–Crippen LogP) is 0.273. The lowest BCUT2D eigenvalue weighted by molar-refractivity contribution is -2.00. The Morgan fingerprint density at radius 1 is 0.710 bits per heavy atom. The largest absolute Gasteiger partial charge is 0.390 e. The Balaban J connectivity index is 0.000000491. The van der Waals surface area contributed by atoms with Gasteiger partial charge >= 0.3 is 0 Å². The van der Waals surface area contributed by atoms with Crippen LogP contribution < -0.4 is 23.2 Å². The van der Waals surface area contributed by atoms with Crippen LogP contribution in [0, 0.1) is 10.2 Å². The highest BCUT2D eigenvalue weighted by molar-refractivity contribution is 7.13. The van der Waals surface area contributed by atoms with E-state index in [1.165, 1.54) is 10.4 Å². The third-order valence-electron chi connectivity index (χ3n) is 4.43.